The molecule has 8 heteroatoms. The molecular formula is C11H12Cl2N2O3S. The molecule has 1 aromatic carbocycles. The van der Waals surface area contributed by atoms with Gasteiger partial charge in [-0.15, -0.1) is 12.4 Å². The topological polar surface area (TPSA) is 68.2 Å². The zero-order valence-corrected chi connectivity index (χ0v) is 12.6. The number of fused-ring (bicyclic) bond motifs is 1. The number of hydrogen-bond donors (Lipinski definition) is 1. The lowest BCUT2D eigenvalue weighted by Gasteiger charge is -2.09. The molecule has 0 unspecified atom stereocenters. The van der Waals surface area contributed by atoms with Crippen LogP contribution in [0.15, 0.2) is 29.2 Å². The van der Waals surface area contributed by atoms with Gasteiger partial charge in [0.1, 0.15) is 5.69 Å². The maximum Gasteiger partial charge on any atom is 0.229 e. The number of rotatable bonds is 2. The van der Waals surface area contributed by atoms with E-state index in [-0.39, 0.29) is 23.5 Å². The number of aryl methyl sites for hydroxylation is 1. The Hall–Kier alpha value is -1.24. The van der Waals surface area contributed by atoms with Crippen molar-refractivity contribution in [2.75, 3.05) is 11.0 Å². The van der Waals surface area contributed by atoms with E-state index in [9.17, 15) is 13.2 Å². The molecule has 0 radical (unpaired) electrons. The Morgan fingerprint density at radius 1 is 1.32 bits per heavy atom. The summed E-state index contributed by atoms with van der Waals surface area (Å²) in [5.41, 5.74) is 0.298. The van der Waals surface area contributed by atoms with Crippen LogP contribution < -0.4 is 10.2 Å². The number of hydrogen-bond acceptors (Lipinski definition) is 3. The minimum Gasteiger partial charge on any atom is -0.348 e. The first kappa shape index (κ1) is 15.8. The maximum atomic E-state index is 12.1. The molecule has 19 heavy (non-hydrogen) atoms. The largest absolute Gasteiger partial charge is 0.348 e. The van der Waals surface area contributed by atoms with Crippen LogP contribution >= 0.6 is 24.0 Å². The Morgan fingerprint density at radius 2 is 1.95 bits per heavy atom. The van der Waals surface area contributed by atoms with Gasteiger partial charge in [0.25, 0.3) is 0 Å². The van der Waals surface area contributed by atoms with Gasteiger partial charge in [0, 0.05) is 23.7 Å². The van der Waals surface area contributed by atoms with E-state index in [2.05, 4.69) is 4.72 Å². The van der Waals surface area contributed by atoms with Gasteiger partial charge in [0.05, 0.1) is 11.8 Å². The van der Waals surface area contributed by atoms with Gasteiger partial charge in [0.15, 0.2) is 0 Å². The lowest BCUT2D eigenvalue weighted by Crippen LogP contribution is -2.19. The van der Waals surface area contributed by atoms with Crippen molar-refractivity contribution < 1.29 is 8.42 Å². The highest BCUT2D eigenvalue weighted by Crippen LogP contribution is 2.18. The number of nitrogens with one attached hydrogen (secondary N) is 1. The first-order chi connectivity index (χ1) is 8.28. The lowest BCUT2D eigenvalue weighted by atomic mass is 10.2. The van der Waals surface area contributed by atoms with Gasteiger partial charge < -0.3 is 4.57 Å². The molecule has 0 aliphatic rings. The van der Waals surface area contributed by atoms with Gasteiger partial charge in [0.2, 0.25) is 15.5 Å². The van der Waals surface area contributed by atoms with Gasteiger partial charge in [-0.2, -0.15) is 0 Å². The van der Waals surface area contributed by atoms with E-state index >= 15 is 0 Å². The Morgan fingerprint density at radius 3 is 2.53 bits per heavy atom. The smallest absolute Gasteiger partial charge is 0.229 e. The zero-order chi connectivity index (χ0) is 13.5. The van der Waals surface area contributed by atoms with Gasteiger partial charge in [-0.1, -0.05) is 11.6 Å². The fourth-order valence-electron chi connectivity index (χ4n) is 1.73. The SMILES string of the molecule is Cl.Cn1cc(NS(C)(=O)=O)c(=O)c2ccc(Cl)cc21. The van der Waals surface area contributed by atoms with E-state index in [1.165, 1.54) is 6.20 Å². The third-order valence-corrected chi connectivity index (χ3v) is 3.27. The van der Waals surface area contributed by atoms with Crippen molar-refractivity contribution in [1.29, 1.82) is 0 Å². The van der Waals surface area contributed by atoms with E-state index in [1.54, 1.807) is 29.8 Å². The molecule has 0 atom stereocenters. The predicted octanol–water partition coefficient (Wildman–Crippen LogP) is 1.99. The van der Waals surface area contributed by atoms with Gasteiger partial charge in [-0.25, -0.2) is 8.42 Å². The van der Waals surface area contributed by atoms with Crippen LogP contribution in [0.1, 0.15) is 0 Å². The molecule has 1 heterocycles. The van der Waals surface area contributed by atoms with Crippen molar-refractivity contribution in [3.8, 4) is 0 Å². The third-order valence-electron chi connectivity index (χ3n) is 2.45. The van der Waals surface area contributed by atoms with E-state index in [1.807, 2.05) is 0 Å². The van der Waals surface area contributed by atoms with E-state index in [4.69, 9.17) is 11.6 Å². The summed E-state index contributed by atoms with van der Waals surface area (Å²) in [5, 5.41) is 0.928. The highest BCUT2D eigenvalue weighted by atomic mass is 35.5. The van der Waals surface area contributed by atoms with E-state index in [0.29, 0.717) is 15.9 Å². The van der Waals surface area contributed by atoms with Crippen LogP contribution in [0.5, 0.6) is 0 Å². The van der Waals surface area contributed by atoms with Crippen LogP contribution in [0, 0.1) is 0 Å². The molecule has 2 aromatic rings. The quantitative estimate of drug-likeness (QED) is 0.919. The Labute approximate surface area is 121 Å². The summed E-state index contributed by atoms with van der Waals surface area (Å²) >= 11 is 5.86. The number of sulfonamides is 1. The average Bonchev–Trinajstić information content (AvgIpc) is 2.23. The molecule has 0 fully saturated rings. The van der Waals surface area contributed by atoms with Gasteiger partial charge in [-0.05, 0) is 18.2 Å². The Balaban J connectivity index is 0.00000180. The number of nitrogens with zero attached hydrogens (tertiary/aromatic N) is 1. The van der Waals surface area contributed by atoms with Crippen molar-refractivity contribution in [3.05, 3.63) is 39.6 Å². The van der Waals surface area contributed by atoms with E-state index < -0.39 is 10.0 Å². The monoisotopic (exact) mass is 322 g/mol. The Kier molecular flexibility index (Phi) is 4.50. The summed E-state index contributed by atoms with van der Waals surface area (Å²) in [6.07, 6.45) is 2.43. The van der Waals surface area contributed by atoms with Crippen LogP contribution in [0.4, 0.5) is 5.69 Å². The molecular weight excluding hydrogens is 311 g/mol. The van der Waals surface area contributed by atoms with Crippen LogP contribution in [-0.2, 0) is 17.1 Å². The number of halogens is 2. The fraction of sp³-hybridized carbons (Fsp3) is 0.182. The van der Waals surface area contributed by atoms with Crippen molar-refractivity contribution in [2.45, 2.75) is 0 Å². The highest BCUT2D eigenvalue weighted by Gasteiger charge is 2.11. The first-order valence-corrected chi connectivity index (χ1v) is 7.31. The third kappa shape index (κ3) is 3.40. The molecule has 104 valence electrons. The highest BCUT2D eigenvalue weighted by molar-refractivity contribution is 7.92. The second-order valence-corrected chi connectivity index (χ2v) is 6.20. The molecule has 0 spiro atoms. The molecule has 0 bridgehead atoms. The molecule has 1 N–H and O–H groups in total. The normalized spacial score (nSPS) is 11.1. The zero-order valence-electron chi connectivity index (χ0n) is 10.2. The summed E-state index contributed by atoms with van der Waals surface area (Å²) in [6, 6.07) is 4.82. The van der Waals surface area contributed by atoms with Crippen molar-refractivity contribution in [3.63, 3.8) is 0 Å². The molecule has 0 aliphatic carbocycles. The molecule has 0 aliphatic heterocycles. The average molecular weight is 323 g/mol. The van der Waals surface area contributed by atoms with Gasteiger partial charge >= 0.3 is 0 Å². The van der Waals surface area contributed by atoms with Crippen molar-refractivity contribution in [1.82, 2.24) is 4.57 Å². The fourth-order valence-corrected chi connectivity index (χ4v) is 2.44. The first-order valence-electron chi connectivity index (χ1n) is 5.04. The van der Waals surface area contributed by atoms with Crippen LogP contribution in [0.3, 0.4) is 0 Å². The molecule has 0 saturated heterocycles. The number of aromatic nitrogens is 1. The summed E-state index contributed by atoms with van der Waals surface area (Å²) in [5.74, 6) is 0. The summed E-state index contributed by atoms with van der Waals surface area (Å²) in [4.78, 5) is 12.1. The number of benzene rings is 1. The van der Waals surface area contributed by atoms with Crippen LogP contribution in [-0.4, -0.2) is 19.2 Å². The summed E-state index contributed by atoms with van der Waals surface area (Å²) < 4.78 is 26.2. The Bertz CT molecular complexity index is 784. The second-order valence-electron chi connectivity index (χ2n) is 4.02. The molecule has 0 amide bonds. The summed E-state index contributed by atoms with van der Waals surface area (Å²) in [7, 11) is -1.77. The molecule has 0 saturated carbocycles. The van der Waals surface area contributed by atoms with Crippen molar-refractivity contribution in [2.24, 2.45) is 7.05 Å². The summed E-state index contributed by atoms with van der Waals surface area (Å²) in [6.45, 7) is 0. The number of anilines is 1. The number of pyridine rings is 1. The minimum atomic E-state index is -3.48. The predicted molar refractivity (Wildman–Crippen MR) is 79.9 cm³/mol. The van der Waals surface area contributed by atoms with Crippen LogP contribution in [0.25, 0.3) is 10.9 Å². The molecule has 1 aromatic heterocycles. The minimum absolute atomic E-state index is 0. The molecule has 5 nitrogen and oxygen atoms in total. The van der Waals surface area contributed by atoms with Gasteiger partial charge in [-0.3, -0.25) is 9.52 Å². The van der Waals surface area contributed by atoms with Crippen LogP contribution in [0.2, 0.25) is 5.02 Å². The second kappa shape index (κ2) is 5.40. The van der Waals surface area contributed by atoms with Crippen molar-refractivity contribution >= 4 is 50.6 Å². The lowest BCUT2D eigenvalue weighted by molar-refractivity contribution is 0.606. The maximum absolute atomic E-state index is 12.1. The van der Waals surface area contributed by atoms with E-state index in [0.717, 1.165) is 6.26 Å². The molecule has 2 rings (SSSR count). The standard InChI is InChI=1S/C11H11ClN2O3S.ClH/c1-14-6-9(13-18(2,16)17)11(15)8-4-3-7(12)5-10(8)14;/h3-6,13H,1-2H3;1H.